The first-order valence-electron chi connectivity index (χ1n) is 3.40. The van der Waals surface area contributed by atoms with Gasteiger partial charge in [-0.25, -0.2) is 9.97 Å². The van der Waals surface area contributed by atoms with Crippen molar-refractivity contribution in [3.63, 3.8) is 0 Å². The molecule has 0 bridgehead atoms. The van der Waals surface area contributed by atoms with Gasteiger partial charge in [0.25, 0.3) is 0 Å². The largest absolute Gasteiger partial charge is 0.420 e. The molecule has 1 aromatic heterocycles. The van der Waals surface area contributed by atoms with Crippen molar-refractivity contribution in [2.45, 2.75) is 18.1 Å². The van der Waals surface area contributed by atoms with Crippen LogP contribution in [0.15, 0.2) is 11.2 Å². The van der Waals surface area contributed by atoms with Gasteiger partial charge in [-0.2, -0.15) is 13.2 Å². The van der Waals surface area contributed by atoms with Crippen molar-refractivity contribution < 1.29 is 13.2 Å². The minimum atomic E-state index is -4.37. The number of thioether (sulfide) groups is 1. The van der Waals surface area contributed by atoms with Gasteiger partial charge < -0.3 is 0 Å². The van der Waals surface area contributed by atoms with Gasteiger partial charge in [-0.3, -0.25) is 0 Å². The third kappa shape index (κ3) is 2.33. The molecule has 6 heteroatoms. The maximum absolute atomic E-state index is 12.3. The van der Waals surface area contributed by atoms with E-state index in [1.165, 1.54) is 0 Å². The van der Waals surface area contributed by atoms with Crippen LogP contribution in [-0.2, 0) is 6.18 Å². The zero-order chi connectivity index (χ0) is 10.1. The molecule has 0 amide bonds. The lowest BCUT2D eigenvalue weighted by molar-refractivity contribution is -0.140. The summed E-state index contributed by atoms with van der Waals surface area (Å²) in [7, 11) is 0. The summed E-state index contributed by atoms with van der Waals surface area (Å²) in [5, 5.41) is -0.0278. The number of aryl methyl sites for hydroxylation is 1. The monoisotopic (exact) mass is 208 g/mol. The van der Waals surface area contributed by atoms with E-state index in [0.717, 1.165) is 18.0 Å². The molecule has 13 heavy (non-hydrogen) atoms. The van der Waals surface area contributed by atoms with Crippen LogP contribution in [0.2, 0.25) is 0 Å². The second kappa shape index (κ2) is 3.53. The Labute approximate surface area is 77.6 Å². The summed E-state index contributed by atoms with van der Waals surface area (Å²) in [4.78, 5) is 7.20. The highest BCUT2D eigenvalue weighted by Gasteiger charge is 2.34. The van der Waals surface area contributed by atoms with E-state index in [4.69, 9.17) is 0 Å². The smallest absolute Gasteiger partial charge is 0.241 e. The summed E-state index contributed by atoms with van der Waals surface area (Å²) in [6, 6.07) is 0. The molecule has 0 aliphatic carbocycles. The number of nitrogens with zero attached hydrogens (tertiary/aromatic N) is 2. The SMILES string of the molecule is CSc1nc(C)ncc1C(F)(F)F. The van der Waals surface area contributed by atoms with Crippen LogP contribution in [0.3, 0.4) is 0 Å². The zero-order valence-electron chi connectivity index (χ0n) is 7.01. The number of halogens is 3. The third-order valence-electron chi connectivity index (χ3n) is 1.37. The molecule has 72 valence electrons. The lowest BCUT2D eigenvalue weighted by Crippen LogP contribution is -2.09. The highest BCUT2D eigenvalue weighted by atomic mass is 32.2. The zero-order valence-corrected chi connectivity index (χ0v) is 7.83. The first-order chi connectivity index (χ1) is 5.95. The van der Waals surface area contributed by atoms with E-state index in [2.05, 4.69) is 9.97 Å². The molecule has 0 saturated heterocycles. The fraction of sp³-hybridized carbons (Fsp3) is 0.429. The van der Waals surface area contributed by atoms with E-state index in [9.17, 15) is 13.2 Å². The van der Waals surface area contributed by atoms with Gasteiger partial charge in [0, 0.05) is 6.20 Å². The van der Waals surface area contributed by atoms with E-state index in [-0.39, 0.29) is 5.03 Å². The summed E-state index contributed by atoms with van der Waals surface area (Å²) >= 11 is 0.965. The molecular weight excluding hydrogens is 201 g/mol. The summed E-state index contributed by atoms with van der Waals surface area (Å²) in [5.74, 6) is 0.345. The summed E-state index contributed by atoms with van der Waals surface area (Å²) in [6.45, 7) is 1.56. The van der Waals surface area contributed by atoms with Crippen LogP contribution in [0.1, 0.15) is 11.4 Å². The van der Waals surface area contributed by atoms with Crippen LogP contribution in [0.5, 0.6) is 0 Å². The van der Waals surface area contributed by atoms with Crippen LogP contribution in [-0.4, -0.2) is 16.2 Å². The van der Waals surface area contributed by atoms with Gasteiger partial charge in [0.15, 0.2) is 0 Å². The van der Waals surface area contributed by atoms with Gasteiger partial charge in [0.2, 0.25) is 0 Å². The molecule has 0 unspecified atom stereocenters. The van der Waals surface area contributed by atoms with Crippen LogP contribution >= 0.6 is 11.8 Å². The van der Waals surface area contributed by atoms with Crippen molar-refractivity contribution in [3.8, 4) is 0 Å². The van der Waals surface area contributed by atoms with E-state index in [1.54, 1.807) is 13.2 Å². The predicted molar refractivity (Wildman–Crippen MR) is 43.6 cm³/mol. The van der Waals surface area contributed by atoms with Gasteiger partial charge in [-0.1, -0.05) is 0 Å². The van der Waals surface area contributed by atoms with Crippen LogP contribution in [0.4, 0.5) is 13.2 Å². The Balaban J connectivity index is 3.22. The fourth-order valence-corrected chi connectivity index (χ4v) is 1.41. The minimum Gasteiger partial charge on any atom is -0.241 e. The van der Waals surface area contributed by atoms with Crippen LogP contribution in [0, 0.1) is 6.92 Å². The van der Waals surface area contributed by atoms with Gasteiger partial charge in [-0.05, 0) is 13.2 Å². The second-order valence-electron chi connectivity index (χ2n) is 2.34. The Bertz CT molecular complexity index is 311. The van der Waals surface area contributed by atoms with Crippen LogP contribution < -0.4 is 0 Å². The maximum Gasteiger partial charge on any atom is 0.420 e. The Kier molecular flexibility index (Phi) is 2.80. The topological polar surface area (TPSA) is 25.8 Å². The van der Waals surface area contributed by atoms with Crippen LogP contribution in [0.25, 0.3) is 0 Å². The Hall–Kier alpha value is -0.780. The van der Waals surface area contributed by atoms with Gasteiger partial charge >= 0.3 is 6.18 Å². The van der Waals surface area contributed by atoms with E-state index < -0.39 is 11.7 Å². The molecule has 1 heterocycles. The molecule has 0 aliphatic heterocycles. The average molecular weight is 208 g/mol. The Morgan fingerprint density at radius 3 is 2.46 bits per heavy atom. The molecule has 0 fully saturated rings. The molecule has 0 aromatic carbocycles. The quantitative estimate of drug-likeness (QED) is 0.524. The Morgan fingerprint density at radius 2 is 2.00 bits per heavy atom. The Morgan fingerprint density at radius 1 is 1.38 bits per heavy atom. The first-order valence-corrected chi connectivity index (χ1v) is 4.62. The summed E-state index contributed by atoms with van der Waals surface area (Å²) < 4.78 is 36.8. The molecule has 2 nitrogen and oxygen atoms in total. The average Bonchev–Trinajstić information content (AvgIpc) is 2.01. The highest BCUT2D eigenvalue weighted by molar-refractivity contribution is 7.98. The van der Waals surface area contributed by atoms with Gasteiger partial charge in [0.05, 0.1) is 0 Å². The molecule has 1 aromatic rings. The molecule has 1 rings (SSSR count). The normalized spacial score (nSPS) is 11.8. The molecule has 0 saturated carbocycles. The maximum atomic E-state index is 12.3. The number of aromatic nitrogens is 2. The van der Waals surface area contributed by atoms with E-state index in [1.807, 2.05) is 0 Å². The van der Waals surface area contributed by atoms with Gasteiger partial charge in [0.1, 0.15) is 16.4 Å². The summed E-state index contributed by atoms with van der Waals surface area (Å²) in [6.07, 6.45) is -2.00. The van der Waals surface area contributed by atoms with E-state index >= 15 is 0 Å². The van der Waals surface area contributed by atoms with Crippen molar-refractivity contribution in [3.05, 3.63) is 17.6 Å². The molecule has 0 N–H and O–H groups in total. The number of rotatable bonds is 1. The van der Waals surface area contributed by atoms with Crippen molar-refractivity contribution in [1.29, 1.82) is 0 Å². The minimum absolute atomic E-state index is 0.0278. The molecule has 0 spiro atoms. The highest BCUT2D eigenvalue weighted by Crippen LogP contribution is 2.34. The van der Waals surface area contributed by atoms with Crippen molar-refractivity contribution in [2.75, 3.05) is 6.26 Å². The number of hydrogen-bond acceptors (Lipinski definition) is 3. The number of alkyl halides is 3. The molecular formula is C7H7F3N2S. The molecule has 0 atom stereocenters. The summed E-state index contributed by atoms with van der Waals surface area (Å²) in [5.41, 5.74) is -0.773. The van der Waals surface area contributed by atoms with Crippen molar-refractivity contribution >= 4 is 11.8 Å². The lowest BCUT2D eigenvalue weighted by Gasteiger charge is -2.09. The van der Waals surface area contributed by atoms with E-state index in [0.29, 0.717) is 5.82 Å². The van der Waals surface area contributed by atoms with Gasteiger partial charge in [-0.15, -0.1) is 11.8 Å². The van der Waals surface area contributed by atoms with Crippen molar-refractivity contribution in [2.24, 2.45) is 0 Å². The first kappa shape index (κ1) is 10.3. The molecule has 0 radical (unpaired) electrons. The predicted octanol–water partition coefficient (Wildman–Crippen LogP) is 2.53. The second-order valence-corrected chi connectivity index (χ2v) is 3.13. The van der Waals surface area contributed by atoms with Crippen molar-refractivity contribution in [1.82, 2.24) is 9.97 Å². The number of hydrogen-bond donors (Lipinski definition) is 0. The molecule has 0 aliphatic rings. The lowest BCUT2D eigenvalue weighted by atomic mass is 10.3. The standard InChI is InChI=1S/C7H7F3N2S/c1-4-11-3-5(7(8,9)10)6(12-4)13-2/h3H,1-2H3. The fourth-order valence-electron chi connectivity index (χ4n) is 0.799. The third-order valence-corrected chi connectivity index (χ3v) is 2.07.